The topological polar surface area (TPSA) is 61.4 Å². The molecule has 112 valence electrons. The summed E-state index contributed by atoms with van der Waals surface area (Å²) in [4.78, 5) is 13.2. The van der Waals surface area contributed by atoms with Gasteiger partial charge in [-0.15, -0.1) is 11.3 Å². The minimum absolute atomic E-state index is 0.127. The minimum atomic E-state index is -0.386. The maximum atomic E-state index is 11.9. The Hall–Kier alpha value is -1.85. The molecular formula is C16H20N2O2S. The monoisotopic (exact) mass is 304 g/mol. The summed E-state index contributed by atoms with van der Waals surface area (Å²) in [7, 11) is 0. The first-order valence-corrected chi connectivity index (χ1v) is 7.82. The van der Waals surface area contributed by atoms with E-state index in [1.54, 1.807) is 11.3 Å². The van der Waals surface area contributed by atoms with Gasteiger partial charge in [-0.3, -0.25) is 0 Å². The van der Waals surface area contributed by atoms with Gasteiger partial charge in [0.1, 0.15) is 0 Å². The lowest BCUT2D eigenvalue weighted by Gasteiger charge is -2.18. The third-order valence-corrected chi connectivity index (χ3v) is 4.39. The molecule has 0 saturated heterocycles. The lowest BCUT2D eigenvalue weighted by molar-refractivity contribution is 0.216. The van der Waals surface area contributed by atoms with Gasteiger partial charge in [0.2, 0.25) is 0 Å². The van der Waals surface area contributed by atoms with Gasteiger partial charge in [0.05, 0.1) is 12.6 Å². The molecule has 1 aromatic carbocycles. The van der Waals surface area contributed by atoms with Crippen molar-refractivity contribution in [2.45, 2.75) is 18.9 Å². The lowest BCUT2D eigenvalue weighted by atomic mass is 10.1. The van der Waals surface area contributed by atoms with Crippen LogP contribution in [0.3, 0.4) is 0 Å². The number of aliphatic hydroxyl groups is 1. The third kappa shape index (κ3) is 4.58. The van der Waals surface area contributed by atoms with E-state index in [1.807, 2.05) is 41.8 Å². The van der Waals surface area contributed by atoms with E-state index in [0.29, 0.717) is 6.54 Å². The maximum absolute atomic E-state index is 11.9. The van der Waals surface area contributed by atoms with Crippen LogP contribution in [0.4, 0.5) is 4.79 Å². The molecule has 0 aliphatic rings. The number of hydrogen-bond donors (Lipinski definition) is 3. The van der Waals surface area contributed by atoms with Crippen molar-refractivity contribution in [2.75, 3.05) is 13.2 Å². The molecule has 2 aromatic rings. The predicted octanol–water partition coefficient (Wildman–Crippen LogP) is 2.88. The lowest BCUT2D eigenvalue weighted by Crippen LogP contribution is -2.40. The largest absolute Gasteiger partial charge is 0.394 e. The molecule has 1 aromatic heterocycles. The van der Waals surface area contributed by atoms with Crippen LogP contribution >= 0.6 is 11.3 Å². The fraction of sp³-hybridized carbons (Fsp3) is 0.312. The molecule has 0 aliphatic heterocycles. The molecule has 0 aliphatic carbocycles. The second kappa shape index (κ2) is 7.81. The first-order chi connectivity index (χ1) is 10.2. The molecule has 0 bridgehead atoms. The summed E-state index contributed by atoms with van der Waals surface area (Å²) in [6.07, 6.45) is 0. The van der Waals surface area contributed by atoms with E-state index < -0.39 is 0 Å². The number of amides is 2. The van der Waals surface area contributed by atoms with Crippen LogP contribution in [0.1, 0.15) is 29.3 Å². The Kier molecular flexibility index (Phi) is 5.78. The molecule has 0 fully saturated rings. The predicted molar refractivity (Wildman–Crippen MR) is 85.5 cm³/mol. The van der Waals surface area contributed by atoms with Gasteiger partial charge in [-0.2, -0.15) is 0 Å². The van der Waals surface area contributed by atoms with Crippen molar-refractivity contribution in [1.29, 1.82) is 0 Å². The Balaban J connectivity index is 1.83. The summed E-state index contributed by atoms with van der Waals surface area (Å²) in [5, 5.41) is 17.1. The van der Waals surface area contributed by atoms with Crippen LogP contribution in [0, 0.1) is 0 Å². The van der Waals surface area contributed by atoms with Gasteiger partial charge in [-0.1, -0.05) is 43.3 Å². The number of urea groups is 1. The number of aliphatic hydroxyl groups excluding tert-OH is 1. The zero-order chi connectivity index (χ0) is 15.1. The Morgan fingerprint density at radius 1 is 1.24 bits per heavy atom. The fourth-order valence-corrected chi connectivity index (χ4v) is 2.83. The van der Waals surface area contributed by atoms with Gasteiger partial charge in [0.15, 0.2) is 0 Å². The number of benzene rings is 1. The van der Waals surface area contributed by atoms with E-state index in [0.717, 1.165) is 5.56 Å². The van der Waals surface area contributed by atoms with E-state index >= 15 is 0 Å². The van der Waals surface area contributed by atoms with Gasteiger partial charge >= 0.3 is 6.03 Å². The molecule has 5 heteroatoms. The molecule has 21 heavy (non-hydrogen) atoms. The molecule has 0 radical (unpaired) electrons. The first-order valence-electron chi connectivity index (χ1n) is 6.94. The Labute approximate surface area is 128 Å². The number of nitrogens with one attached hydrogen (secondary N) is 2. The van der Waals surface area contributed by atoms with Gasteiger partial charge < -0.3 is 15.7 Å². The van der Waals surface area contributed by atoms with Crippen molar-refractivity contribution in [3.63, 3.8) is 0 Å². The van der Waals surface area contributed by atoms with Crippen molar-refractivity contribution >= 4 is 17.4 Å². The van der Waals surface area contributed by atoms with E-state index in [2.05, 4.69) is 23.6 Å². The van der Waals surface area contributed by atoms with Gasteiger partial charge in [0, 0.05) is 17.3 Å². The molecule has 3 N–H and O–H groups in total. The summed E-state index contributed by atoms with van der Waals surface area (Å²) < 4.78 is 0. The van der Waals surface area contributed by atoms with Crippen LogP contribution in [-0.4, -0.2) is 24.3 Å². The van der Waals surface area contributed by atoms with Crippen molar-refractivity contribution in [3.8, 4) is 0 Å². The molecule has 0 unspecified atom stereocenters. The van der Waals surface area contributed by atoms with Gasteiger partial charge in [-0.05, 0) is 17.0 Å². The standard InChI is InChI=1S/C16H20N2O2S/c1-12(15-8-5-9-21-15)10-17-16(20)18-14(11-19)13-6-3-2-4-7-13/h2-9,12,14,19H,10-11H2,1H3,(H2,17,18,20)/t12-,14+/m0/s1. The van der Waals surface area contributed by atoms with Crippen molar-refractivity contribution < 1.29 is 9.90 Å². The number of thiophene rings is 1. The van der Waals surface area contributed by atoms with Crippen LogP contribution in [0.5, 0.6) is 0 Å². The highest BCUT2D eigenvalue weighted by Crippen LogP contribution is 2.19. The summed E-state index contributed by atoms with van der Waals surface area (Å²) in [6.45, 7) is 2.52. The van der Waals surface area contributed by atoms with Crippen LogP contribution in [-0.2, 0) is 0 Å². The minimum Gasteiger partial charge on any atom is -0.394 e. The Morgan fingerprint density at radius 2 is 2.00 bits per heavy atom. The molecule has 2 atom stereocenters. The van der Waals surface area contributed by atoms with Crippen molar-refractivity contribution in [2.24, 2.45) is 0 Å². The van der Waals surface area contributed by atoms with Crippen molar-refractivity contribution in [3.05, 3.63) is 58.3 Å². The van der Waals surface area contributed by atoms with Crippen LogP contribution in [0.2, 0.25) is 0 Å². The normalized spacial score (nSPS) is 13.4. The molecule has 2 rings (SSSR count). The molecule has 2 amide bonds. The third-order valence-electron chi connectivity index (χ3n) is 3.29. The fourth-order valence-electron chi connectivity index (χ4n) is 2.05. The highest BCUT2D eigenvalue weighted by Gasteiger charge is 2.14. The summed E-state index contributed by atoms with van der Waals surface area (Å²) in [5.41, 5.74) is 0.890. The maximum Gasteiger partial charge on any atom is 0.315 e. The SMILES string of the molecule is C[C@@H](CNC(=O)N[C@H](CO)c1ccccc1)c1cccs1. The van der Waals surface area contributed by atoms with E-state index in [-0.39, 0.29) is 24.6 Å². The zero-order valence-electron chi connectivity index (χ0n) is 12.0. The summed E-state index contributed by atoms with van der Waals surface area (Å²) in [5.74, 6) is 0.278. The van der Waals surface area contributed by atoms with Crippen LogP contribution in [0.25, 0.3) is 0 Å². The Bertz CT molecular complexity index is 543. The molecule has 0 spiro atoms. The van der Waals surface area contributed by atoms with E-state index in [1.165, 1.54) is 4.88 Å². The van der Waals surface area contributed by atoms with Gasteiger partial charge in [-0.25, -0.2) is 4.79 Å². The van der Waals surface area contributed by atoms with E-state index in [4.69, 9.17) is 0 Å². The summed E-state index contributed by atoms with van der Waals surface area (Å²) in [6, 6.07) is 12.9. The second-order valence-corrected chi connectivity index (χ2v) is 5.90. The number of hydrogen-bond acceptors (Lipinski definition) is 3. The number of rotatable bonds is 6. The van der Waals surface area contributed by atoms with Crippen molar-refractivity contribution in [1.82, 2.24) is 10.6 Å². The zero-order valence-corrected chi connectivity index (χ0v) is 12.8. The molecule has 0 saturated carbocycles. The first kappa shape index (κ1) is 15.5. The van der Waals surface area contributed by atoms with E-state index in [9.17, 15) is 9.90 Å². The summed E-state index contributed by atoms with van der Waals surface area (Å²) >= 11 is 1.69. The number of carbonyl (C=O) groups excluding carboxylic acids is 1. The number of carbonyl (C=O) groups is 1. The highest BCUT2D eigenvalue weighted by molar-refractivity contribution is 7.10. The average molecular weight is 304 g/mol. The smallest absolute Gasteiger partial charge is 0.315 e. The average Bonchev–Trinajstić information content (AvgIpc) is 3.05. The Morgan fingerprint density at radius 3 is 2.62 bits per heavy atom. The van der Waals surface area contributed by atoms with Crippen LogP contribution in [0.15, 0.2) is 47.8 Å². The quantitative estimate of drug-likeness (QED) is 0.768. The molecule has 1 heterocycles. The molecule has 4 nitrogen and oxygen atoms in total. The molecular weight excluding hydrogens is 284 g/mol. The second-order valence-electron chi connectivity index (χ2n) is 4.92. The van der Waals surface area contributed by atoms with Crippen LogP contribution < -0.4 is 10.6 Å². The highest BCUT2D eigenvalue weighted by atomic mass is 32.1. The van der Waals surface area contributed by atoms with Gasteiger partial charge in [0.25, 0.3) is 0 Å².